The molecule has 1 N–H and O–H groups in total. The Hall–Kier alpha value is -0.750. The predicted molar refractivity (Wildman–Crippen MR) is 47.0 cm³/mol. The molecule has 0 saturated heterocycles. The second-order valence-corrected chi connectivity index (χ2v) is 3.55. The van der Waals surface area contributed by atoms with Crippen LogP contribution in [0.5, 0.6) is 0 Å². The first kappa shape index (κ1) is 11.3. The lowest BCUT2D eigenvalue weighted by Crippen LogP contribution is -2.07. The Morgan fingerprint density at radius 2 is 2.07 bits per heavy atom. The van der Waals surface area contributed by atoms with Crippen LogP contribution in [0.1, 0.15) is 5.69 Å². The third kappa shape index (κ3) is 3.19. The zero-order chi connectivity index (χ0) is 10.6. The fourth-order valence-electron chi connectivity index (χ4n) is 0.803. The maximum Gasteiger partial charge on any atom is 0.433 e. The molecule has 1 aromatic heterocycles. The molecule has 0 aliphatic carbocycles. The molecule has 0 aliphatic rings. The first-order valence-electron chi connectivity index (χ1n) is 3.82. The van der Waals surface area contributed by atoms with Gasteiger partial charge in [-0.25, -0.2) is 4.98 Å². The lowest BCUT2D eigenvalue weighted by molar-refractivity contribution is -0.141. The van der Waals surface area contributed by atoms with E-state index in [4.69, 9.17) is 5.11 Å². The van der Waals surface area contributed by atoms with Gasteiger partial charge < -0.3 is 5.11 Å². The highest BCUT2D eigenvalue weighted by atomic mass is 32.2. The van der Waals surface area contributed by atoms with Gasteiger partial charge in [-0.1, -0.05) is 6.07 Å². The van der Waals surface area contributed by atoms with E-state index >= 15 is 0 Å². The van der Waals surface area contributed by atoms with E-state index < -0.39 is 11.9 Å². The van der Waals surface area contributed by atoms with Crippen molar-refractivity contribution in [3.8, 4) is 0 Å². The molecule has 0 unspecified atom stereocenters. The van der Waals surface area contributed by atoms with Crippen molar-refractivity contribution in [1.82, 2.24) is 4.98 Å². The van der Waals surface area contributed by atoms with Crippen molar-refractivity contribution in [2.24, 2.45) is 0 Å². The summed E-state index contributed by atoms with van der Waals surface area (Å²) in [5, 5.41) is 8.76. The van der Waals surface area contributed by atoms with Gasteiger partial charge in [-0.2, -0.15) is 13.2 Å². The number of thioether (sulfide) groups is 1. The van der Waals surface area contributed by atoms with Crippen molar-refractivity contribution < 1.29 is 18.3 Å². The molecule has 6 heteroatoms. The van der Waals surface area contributed by atoms with Crippen molar-refractivity contribution >= 4 is 11.8 Å². The van der Waals surface area contributed by atoms with Crippen LogP contribution in [-0.2, 0) is 6.18 Å². The highest BCUT2D eigenvalue weighted by molar-refractivity contribution is 7.99. The summed E-state index contributed by atoms with van der Waals surface area (Å²) in [5.41, 5.74) is -0.902. The SMILES string of the molecule is OCCSc1cccc(C(F)(F)F)n1. The van der Waals surface area contributed by atoms with Crippen LogP contribution < -0.4 is 0 Å². The summed E-state index contributed by atoms with van der Waals surface area (Å²) in [4.78, 5) is 3.41. The lowest BCUT2D eigenvalue weighted by atomic mass is 10.3. The molecule has 1 rings (SSSR count). The van der Waals surface area contributed by atoms with Gasteiger partial charge in [0.15, 0.2) is 0 Å². The fraction of sp³-hybridized carbons (Fsp3) is 0.375. The summed E-state index contributed by atoms with van der Waals surface area (Å²) in [5.74, 6) is 0.342. The van der Waals surface area contributed by atoms with Gasteiger partial charge in [0.25, 0.3) is 0 Å². The molecule has 0 bridgehead atoms. The highest BCUT2D eigenvalue weighted by Crippen LogP contribution is 2.28. The Balaban J connectivity index is 2.79. The van der Waals surface area contributed by atoms with Gasteiger partial charge in [0, 0.05) is 5.75 Å². The zero-order valence-corrected chi connectivity index (χ0v) is 7.90. The number of hydrogen-bond donors (Lipinski definition) is 1. The van der Waals surface area contributed by atoms with Crippen LogP contribution in [0.3, 0.4) is 0 Å². The minimum Gasteiger partial charge on any atom is -0.396 e. The van der Waals surface area contributed by atoms with Gasteiger partial charge in [0.2, 0.25) is 0 Å². The second kappa shape index (κ2) is 4.65. The largest absolute Gasteiger partial charge is 0.433 e. The third-order valence-corrected chi connectivity index (χ3v) is 2.27. The molecule has 0 saturated carbocycles. The Morgan fingerprint density at radius 1 is 1.36 bits per heavy atom. The molecule has 0 fully saturated rings. The van der Waals surface area contributed by atoms with Crippen LogP contribution in [0.25, 0.3) is 0 Å². The fourth-order valence-corrected chi connectivity index (χ4v) is 1.44. The van der Waals surface area contributed by atoms with Crippen LogP contribution in [0, 0.1) is 0 Å². The van der Waals surface area contributed by atoms with Crippen LogP contribution >= 0.6 is 11.8 Å². The van der Waals surface area contributed by atoms with Crippen molar-refractivity contribution in [2.45, 2.75) is 11.2 Å². The molecule has 1 heterocycles. The Labute approximate surface area is 83.2 Å². The molecule has 14 heavy (non-hydrogen) atoms. The average molecular weight is 223 g/mol. The van der Waals surface area contributed by atoms with Gasteiger partial charge in [-0.15, -0.1) is 11.8 Å². The van der Waals surface area contributed by atoms with Crippen LogP contribution in [0.15, 0.2) is 23.2 Å². The van der Waals surface area contributed by atoms with Crippen LogP contribution in [0.2, 0.25) is 0 Å². The molecular weight excluding hydrogens is 215 g/mol. The van der Waals surface area contributed by atoms with E-state index in [1.807, 2.05) is 0 Å². The normalized spacial score (nSPS) is 11.7. The minimum absolute atomic E-state index is 0.0808. The van der Waals surface area contributed by atoms with Crippen molar-refractivity contribution in [3.63, 3.8) is 0 Å². The Bertz CT molecular complexity index is 303. The van der Waals surface area contributed by atoms with Gasteiger partial charge in [-0.3, -0.25) is 0 Å². The number of hydrogen-bond acceptors (Lipinski definition) is 3. The summed E-state index contributed by atoms with van der Waals surface area (Å²) in [6.07, 6.45) is -4.41. The number of pyridine rings is 1. The average Bonchev–Trinajstić information content (AvgIpc) is 2.14. The second-order valence-electron chi connectivity index (χ2n) is 2.43. The van der Waals surface area contributed by atoms with Crippen LogP contribution in [-0.4, -0.2) is 22.5 Å². The predicted octanol–water partition coefficient (Wildman–Crippen LogP) is 2.18. The van der Waals surface area contributed by atoms with Gasteiger partial charge in [0.05, 0.1) is 11.6 Å². The smallest absolute Gasteiger partial charge is 0.396 e. The highest BCUT2D eigenvalue weighted by Gasteiger charge is 2.32. The van der Waals surface area contributed by atoms with Gasteiger partial charge in [-0.05, 0) is 12.1 Å². The number of alkyl halides is 3. The summed E-state index contributed by atoms with van der Waals surface area (Å²) in [6.45, 7) is -0.0808. The van der Waals surface area contributed by atoms with E-state index in [2.05, 4.69) is 4.98 Å². The lowest BCUT2D eigenvalue weighted by Gasteiger charge is -2.06. The van der Waals surface area contributed by atoms with E-state index in [1.54, 1.807) is 0 Å². The first-order chi connectivity index (χ1) is 6.54. The number of aliphatic hydroxyl groups excluding tert-OH is 1. The van der Waals surface area contributed by atoms with E-state index in [9.17, 15) is 13.2 Å². The molecule has 0 amide bonds. The molecular formula is C8H8F3NOS. The number of aliphatic hydroxyl groups is 1. The van der Waals surface area contributed by atoms with E-state index in [0.29, 0.717) is 5.75 Å². The zero-order valence-electron chi connectivity index (χ0n) is 7.08. The number of aromatic nitrogens is 1. The topological polar surface area (TPSA) is 33.1 Å². The first-order valence-corrected chi connectivity index (χ1v) is 4.80. The quantitative estimate of drug-likeness (QED) is 0.797. The van der Waals surface area contributed by atoms with E-state index in [-0.39, 0.29) is 11.6 Å². The number of nitrogens with zero attached hydrogens (tertiary/aromatic N) is 1. The van der Waals surface area contributed by atoms with Crippen molar-refractivity contribution in [2.75, 3.05) is 12.4 Å². The van der Waals surface area contributed by atoms with Crippen molar-refractivity contribution in [1.29, 1.82) is 0 Å². The Kier molecular flexibility index (Phi) is 3.77. The molecule has 2 nitrogen and oxygen atoms in total. The van der Waals surface area contributed by atoms with Gasteiger partial charge >= 0.3 is 6.18 Å². The van der Waals surface area contributed by atoms with E-state index in [1.165, 1.54) is 12.1 Å². The monoisotopic (exact) mass is 223 g/mol. The molecule has 0 radical (unpaired) electrons. The maximum absolute atomic E-state index is 12.2. The summed E-state index contributed by atoms with van der Waals surface area (Å²) in [7, 11) is 0. The minimum atomic E-state index is -4.41. The molecule has 0 atom stereocenters. The standard InChI is InChI=1S/C8H8F3NOS/c9-8(10,11)6-2-1-3-7(12-6)14-5-4-13/h1-3,13H,4-5H2. The number of halogens is 3. The summed E-state index contributed by atoms with van der Waals surface area (Å²) in [6, 6.07) is 3.70. The van der Waals surface area contributed by atoms with Crippen molar-refractivity contribution in [3.05, 3.63) is 23.9 Å². The van der Waals surface area contributed by atoms with E-state index in [0.717, 1.165) is 17.8 Å². The van der Waals surface area contributed by atoms with Crippen LogP contribution in [0.4, 0.5) is 13.2 Å². The van der Waals surface area contributed by atoms with Gasteiger partial charge in [0.1, 0.15) is 5.69 Å². The molecule has 0 aromatic carbocycles. The molecule has 0 aliphatic heterocycles. The molecule has 1 aromatic rings. The molecule has 0 spiro atoms. The third-order valence-electron chi connectivity index (χ3n) is 1.36. The summed E-state index contributed by atoms with van der Waals surface area (Å²) >= 11 is 1.09. The Morgan fingerprint density at radius 3 is 2.64 bits per heavy atom. The number of rotatable bonds is 3. The molecule has 78 valence electrons. The summed E-state index contributed by atoms with van der Waals surface area (Å²) < 4.78 is 36.5. The maximum atomic E-state index is 12.2.